The lowest BCUT2D eigenvalue weighted by molar-refractivity contribution is 0.116. The summed E-state index contributed by atoms with van der Waals surface area (Å²) in [7, 11) is 3.86. The monoisotopic (exact) mass is 538 g/mol. The topological polar surface area (TPSA) is 78.6 Å². The third kappa shape index (κ3) is 6.80. The summed E-state index contributed by atoms with van der Waals surface area (Å²) in [5.41, 5.74) is 2.72. The van der Waals surface area contributed by atoms with Crippen molar-refractivity contribution in [1.29, 1.82) is 0 Å². The maximum atomic E-state index is 15.3. The van der Waals surface area contributed by atoms with Crippen molar-refractivity contribution in [3.05, 3.63) is 84.3 Å². The maximum Gasteiger partial charge on any atom is 0.324 e. The molecule has 2 aromatic heterocycles. The van der Waals surface area contributed by atoms with E-state index in [1.807, 2.05) is 56.3 Å². The predicted molar refractivity (Wildman–Crippen MR) is 142 cm³/mol. The summed E-state index contributed by atoms with van der Waals surface area (Å²) in [6.07, 6.45) is 0.490. The van der Waals surface area contributed by atoms with Crippen molar-refractivity contribution in [2.45, 2.75) is 19.9 Å². The fourth-order valence-electron chi connectivity index (χ4n) is 3.96. The van der Waals surface area contributed by atoms with Crippen LogP contribution in [0.3, 0.4) is 0 Å². The molecule has 204 valence electrons. The van der Waals surface area contributed by atoms with Crippen molar-refractivity contribution in [2.75, 3.05) is 38.6 Å². The van der Waals surface area contributed by atoms with Gasteiger partial charge in [-0.05, 0) is 56.9 Å². The summed E-state index contributed by atoms with van der Waals surface area (Å²) < 4.78 is 45.9. The minimum absolute atomic E-state index is 0.0635. The number of benzene rings is 2. The van der Waals surface area contributed by atoms with Crippen molar-refractivity contribution >= 4 is 11.7 Å². The molecule has 0 bridgehead atoms. The molecule has 0 atom stereocenters. The number of carbonyl (C=O) groups is 1. The molecule has 11 heteroatoms. The van der Waals surface area contributed by atoms with Crippen LogP contribution in [-0.2, 0) is 6.54 Å². The van der Waals surface area contributed by atoms with Crippen LogP contribution in [0.25, 0.3) is 22.6 Å². The summed E-state index contributed by atoms with van der Waals surface area (Å²) in [6, 6.07) is 15.0. The van der Waals surface area contributed by atoms with Crippen LogP contribution in [0, 0.1) is 5.82 Å². The normalized spacial score (nSPS) is 11.3. The Kier molecular flexibility index (Phi) is 8.92. The second-order valence-corrected chi connectivity index (χ2v) is 9.10. The van der Waals surface area contributed by atoms with Gasteiger partial charge in [-0.3, -0.25) is 9.88 Å². The van der Waals surface area contributed by atoms with E-state index in [9.17, 15) is 13.6 Å². The lowest BCUT2D eigenvalue weighted by Gasteiger charge is -2.31. The third-order valence-corrected chi connectivity index (χ3v) is 6.11. The van der Waals surface area contributed by atoms with Crippen LogP contribution >= 0.6 is 0 Å². The van der Waals surface area contributed by atoms with E-state index >= 15 is 4.39 Å². The number of anilines is 1. The van der Waals surface area contributed by atoms with Gasteiger partial charge in [0.25, 0.3) is 5.89 Å². The molecule has 0 unspecified atom stereocenters. The second-order valence-electron chi connectivity index (χ2n) is 9.10. The Balaban J connectivity index is 1.68. The first kappa shape index (κ1) is 27.8. The number of amides is 2. The van der Waals surface area contributed by atoms with Crippen LogP contribution in [-0.4, -0.2) is 64.7 Å². The summed E-state index contributed by atoms with van der Waals surface area (Å²) in [4.78, 5) is 23.2. The van der Waals surface area contributed by atoms with Crippen molar-refractivity contribution < 1.29 is 22.4 Å². The van der Waals surface area contributed by atoms with Gasteiger partial charge < -0.3 is 14.2 Å². The zero-order valence-corrected chi connectivity index (χ0v) is 21.9. The Morgan fingerprint density at radius 2 is 1.77 bits per heavy atom. The highest BCUT2D eigenvalue weighted by Gasteiger charge is 2.24. The average molecular weight is 539 g/mol. The summed E-state index contributed by atoms with van der Waals surface area (Å²) in [5.74, 6) is -1.69. The first-order chi connectivity index (χ1) is 18.8. The molecule has 2 amide bonds. The van der Waals surface area contributed by atoms with E-state index in [-0.39, 0.29) is 29.6 Å². The SMILES string of the molecule is CCN(CCN(C)C)C(=O)N(Cc1ccc(-c2nnc(C(F)F)o2)cc1F)c1cccc(-c2cccnc2)c1. The lowest BCUT2D eigenvalue weighted by Crippen LogP contribution is -2.45. The van der Waals surface area contributed by atoms with Crippen molar-refractivity contribution in [2.24, 2.45) is 0 Å². The molecule has 0 spiro atoms. The van der Waals surface area contributed by atoms with Gasteiger partial charge in [0.05, 0.1) is 6.54 Å². The molecule has 2 heterocycles. The number of rotatable bonds is 10. The van der Waals surface area contributed by atoms with Gasteiger partial charge in [-0.2, -0.15) is 8.78 Å². The van der Waals surface area contributed by atoms with Crippen molar-refractivity contribution in [3.63, 3.8) is 0 Å². The Morgan fingerprint density at radius 3 is 2.41 bits per heavy atom. The number of hydrogen-bond acceptors (Lipinski definition) is 6. The molecule has 0 saturated heterocycles. The van der Waals surface area contributed by atoms with Crippen LogP contribution in [0.4, 0.5) is 23.7 Å². The van der Waals surface area contributed by atoms with Gasteiger partial charge >= 0.3 is 12.5 Å². The predicted octanol–water partition coefficient (Wildman–Crippen LogP) is 5.89. The number of halogens is 3. The van der Waals surface area contributed by atoms with Crippen LogP contribution in [0.15, 0.2) is 71.4 Å². The molecule has 4 aromatic rings. The Hall–Kier alpha value is -4.25. The smallest absolute Gasteiger partial charge is 0.324 e. The number of hydrogen-bond donors (Lipinski definition) is 0. The molecule has 0 radical (unpaired) electrons. The fraction of sp³-hybridized carbons (Fsp3) is 0.286. The van der Waals surface area contributed by atoms with Gasteiger partial charge in [0.15, 0.2) is 0 Å². The number of alkyl halides is 2. The second kappa shape index (κ2) is 12.5. The van der Waals surface area contributed by atoms with Crippen LogP contribution in [0.5, 0.6) is 0 Å². The van der Waals surface area contributed by atoms with Gasteiger partial charge in [-0.1, -0.05) is 24.3 Å². The molecule has 0 fully saturated rings. The number of likely N-dealkylation sites (N-methyl/N-ethyl adjacent to an activating group) is 2. The number of pyridine rings is 1. The molecule has 0 N–H and O–H groups in total. The van der Waals surface area contributed by atoms with Crippen molar-refractivity contribution in [3.8, 4) is 22.6 Å². The van der Waals surface area contributed by atoms with Crippen LogP contribution < -0.4 is 4.90 Å². The third-order valence-electron chi connectivity index (χ3n) is 6.11. The standard InChI is InChI=1S/C28H29F3N6O2/c1-4-36(14-13-35(2)3)28(38)37(23-9-5-7-19(15-23)21-8-6-12-32-17-21)18-22-11-10-20(16-24(22)29)26-33-34-27(39-26)25(30)31/h5-12,15-17,25H,4,13-14,18H2,1-3H3. The average Bonchev–Trinajstić information content (AvgIpc) is 3.44. The molecular weight excluding hydrogens is 509 g/mol. The Bertz CT molecular complexity index is 1400. The largest absolute Gasteiger partial charge is 0.415 e. The van der Waals surface area contributed by atoms with E-state index in [1.165, 1.54) is 17.0 Å². The highest BCUT2D eigenvalue weighted by molar-refractivity contribution is 5.92. The van der Waals surface area contributed by atoms with Gasteiger partial charge in [0.2, 0.25) is 5.89 Å². The fourth-order valence-corrected chi connectivity index (χ4v) is 3.96. The summed E-state index contributed by atoms with van der Waals surface area (Å²) >= 11 is 0. The zero-order valence-electron chi connectivity index (χ0n) is 21.9. The number of carbonyl (C=O) groups excluding carboxylic acids is 1. The van der Waals surface area contributed by atoms with Gasteiger partial charge in [0, 0.05) is 54.4 Å². The lowest BCUT2D eigenvalue weighted by atomic mass is 10.1. The number of urea groups is 1. The number of aromatic nitrogens is 3. The Labute approximate surface area is 224 Å². The van der Waals surface area contributed by atoms with E-state index < -0.39 is 18.1 Å². The molecule has 0 aliphatic carbocycles. The molecule has 8 nitrogen and oxygen atoms in total. The molecule has 0 saturated carbocycles. The maximum absolute atomic E-state index is 15.3. The first-order valence-corrected chi connectivity index (χ1v) is 12.4. The first-order valence-electron chi connectivity index (χ1n) is 12.4. The Morgan fingerprint density at radius 1 is 0.974 bits per heavy atom. The minimum Gasteiger partial charge on any atom is -0.415 e. The quantitative estimate of drug-likeness (QED) is 0.251. The van der Waals surface area contributed by atoms with Gasteiger partial charge in [0.1, 0.15) is 5.82 Å². The molecular formula is C28H29F3N6O2. The van der Waals surface area contributed by atoms with E-state index in [0.29, 0.717) is 25.3 Å². The van der Waals surface area contributed by atoms with Crippen LogP contribution in [0.1, 0.15) is 24.8 Å². The highest BCUT2D eigenvalue weighted by Crippen LogP contribution is 2.29. The summed E-state index contributed by atoms with van der Waals surface area (Å²) in [5, 5.41) is 6.87. The van der Waals surface area contributed by atoms with Gasteiger partial charge in [-0.15, -0.1) is 10.2 Å². The van der Waals surface area contributed by atoms with Crippen molar-refractivity contribution in [1.82, 2.24) is 25.0 Å². The summed E-state index contributed by atoms with van der Waals surface area (Å²) in [6.45, 7) is 3.46. The molecule has 2 aromatic carbocycles. The molecule has 0 aliphatic rings. The minimum atomic E-state index is -2.92. The molecule has 4 rings (SSSR count). The molecule has 0 aliphatic heterocycles. The van der Waals surface area contributed by atoms with E-state index in [2.05, 4.69) is 15.2 Å². The van der Waals surface area contributed by atoms with E-state index in [1.54, 1.807) is 23.4 Å². The number of nitrogens with zero attached hydrogens (tertiary/aromatic N) is 6. The van der Waals surface area contributed by atoms with Gasteiger partial charge in [-0.25, -0.2) is 9.18 Å². The van der Waals surface area contributed by atoms with E-state index in [0.717, 1.165) is 17.2 Å². The van der Waals surface area contributed by atoms with Crippen LogP contribution in [0.2, 0.25) is 0 Å². The van der Waals surface area contributed by atoms with E-state index in [4.69, 9.17) is 4.42 Å². The zero-order chi connectivity index (χ0) is 27.9. The molecule has 39 heavy (non-hydrogen) atoms. The highest BCUT2D eigenvalue weighted by atomic mass is 19.3.